The van der Waals surface area contributed by atoms with Crippen LogP contribution in [0.25, 0.3) is 10.9 Å². The molecule has 0 saturated heterocycles. The Kier molecular flexibility index (Phi) is 7.98. The van der Waals surface area contributed by atoms with Crippen LogP contribution in [-0.4, -0.2) is 30.1 Å². The predicted octanol–water partition coefficient (Wildman–Crippen LogP) is 5.84. The second-order valence-corrected chi connectivity index (χ2v) is 10.5. The van der Waals surface area contributed by atoms with Gasteiger partial charge in [-0.05, 0) is 78.4 Å². The van der Waals surface area contributed by atoms with Crippen LogP contribution in [0.5, 0.6) is 0 Å². The molecule has 7 heteroatoms. The number of rotatable bonds is 10. The Morgan fingerprint density at radius 2 is 1.67 bits per heavy atom. The van der Waals surface area contributed by atoms with E-state index in [2.05, 4.69) is 114 Å². The summed E-state index contributed by atoms with van der Waals surface area (Å²) >= 11 is 0. The molecule has 0 aliphatic heterocycles. The molecule has 3 aromatic carbocycles. The number of aromatic amines is 1. The monoisotopic (exact) mass is 520 g/mol. The van der Waals surface area contributed by atoms with E-state index < -0.39 is 0 Å². The molecule has 2 aromatic heterocycles. The SMILES string of the molecule is CC[C@@H](c1nnnn1CCc1ccccc1)N(Cc1ccc(C)cc1)Cc1cc2c(C)cc(C)cc2[nH]c1=O. The van der Waals surface area contributed by atoms with Crippen LogP contribution in [0.4, 0.5) is 0 Å². The molecule has 0 bridgehead atoms. The second kappa shape index (κ2) is 11.7. The average Bonchev–Trinajstić information content (AvgIpc) is 3.38. The van der Waals surface area contributed by atoms with E-state index in [0.29, 0.717) is 19.6 Å². The molecule has 1 N–H and O–H groups in total. The number of fused-ring (bicyclic) bond motifs is 1. The molecule has 7 nitrogen and oxygen atoms in total. The van der Waals surface area contributed by atoms with Gasteiger partial charge in [0.25, 0.3) is 5.56 Å². The number of benzene rings is 3. The third-order valence-corrected chi connectivity index (χ3v) is 7.41. The Balaban J connectivity index is 1.49. The number of aromatic nitrogens is 5. The molecule has 2 heterocycles. The van der Waals surface area contributed by atoms with Crippen molar-refractivity contribution in [3.8, 4) is 0 Å². The third-order valence-electron chi connectivity index (χ3n) is 7.41. The first kappa shape index (κ1) is 26.5. The van der Waals surface area contributed by atoms with Crippen molar-refractivity contribution >= 4 is 10.9 Å². The summed E-state index contributed by atoms with van der Waals surface area (Å²) in [6, 6.07) is 25.1. The number of tetrazole rings is 1. The molecule has 5 rings (SSSR count). The Labute approximate surface area is 229 Å². The van der Waals surface area contributed by atoms with Gasteiger partial charge < -0.3 is 4.98 Å². The summed E-state index contributed by atoms with van der Waals surface area (Å²) in [4.78, 5) is 18.7. The minimum Gasteiger partial charge on any atom is -0.322 e. The standard InChI is InChI=1S/C32H36N6O/c1-5-30(31-34-35-36-38(31)16-15-25-9-7-6-8-10-25)37(20-26-13-11-22(2)12-14-26)21-27-19-28-24(4)17-23(3)18-29(28)33-32(27)39/h6-14,17-19,30H,5,15-16,20-21H2,1-4H3,(H,33,39)/t30-/m0/s1. The fourth-order valence-corrected chi connectivity index (χ4v) is 5.35. The molecule has 0 spiro atoms. The van der Waals surface area contributed by atoms with E-state index in [0.717, 1.165) is 46.3 Å². The summed E-state index contributed by atoms with van der Waals surface area (Å²) in [6.45, 7) is 10.2. The molecule has 5 aromatic rings. The fraction of sp³-hybridized carbons (Fsp3) is 0.312. The largest absolute Gasteiger partial charge is 0.322 e. The molecule has 0 amide bonds. The maximum atomic E-state index is 13.3. The number of pyridine rings is 1. The Morgan fingerprint density at radius 3 is 2.41 bits per heavy atom. The maximum Gasteiger partial charge on any atom is 0.252 e. The second-order valence-electron chi connectivity index (χ2n) is 10.5. The van der Waals surface area contributed by atoms with Crippen molar-refractivity contribution in [3.05, 3.63) is 122 Å². The van der Waals surface area contributed by atoms with Gasteiger partial charge in [0.05, 0.1) is 6.04 Å². The zero-order valence-corrected chi connectivity index (χ0v) is 23.2. The zero-order chi connectivity index (χ0) is 27.4. The summed E-state index contributed by atoms with van der Waals surface area (Å²) in [7, 11) is 0. The first-order valence-corrected chi connectivity index (χ1v) is 13.6. The van der Waals surface area contributed by atoms with Crippen LogP contribution in [0.1, 0.15) is 58.6 Å². The number of H-pyrrole nitrogens is 1. The van der Waals surface area contributed by atoms with Crippen molar-refractivity contribution in [2.75, 3.05) is 0 Å². The smallest absolute Gasteiger partial charge is 0.252 e. The summed E-state index contributed by atoms with van der Waals surface area (Å²) in [5.41, 5.74) is 7.51. The molecule has 0 saturated carbocycles. The van der Waals surface area contributed by atoms with E-state index >= 15 is 0 Å². The van der Waals surface area contributed by atoms with E-state index in [1.165, 1.54) is 16.7 Å². The van der Waals surface area contributed by atoms with Crippen molar-refractivity contribution in [1.29, 1.82) is 0 Å². The lowest BCUT2D eigenvalue weighted by molar-refractivity contribution is 0.160. The fourth-order valence-electron chi connectivity index (χ4n) is 5.35. The molecule has 1 atom stereocenters. The molecular formula is C32H36N6O. The van der Waals surface area contributed by atoms with Crippen molar-refractivity contribution in [1.82, 2.24) is 30.1 Å². The molecule has 0 fully saturated rings. The molecule has 39 heavy (non-hydrogen) atoms. The molecule has 0 unspecified atom stereocenters. The number of nitrogens with one attached hydrogen (secondary N) is 1. The zero-order valence-electron chi connectivity index (χ0n) is 23.2. The number of aryl methyl sites for hydroxylation is 5. The first-order valence-electron chi connectivity index (χ1n) is 13.6. The number of hydrogen-bond donors (Lipinski definition) is 1. The number of nitrogens with zero attached hydrogens (tertiary/aromatic N) is 5. The number of hydrogen-bond acceptors (Lipinski definition) is 5. The Hall–Kier alpha value is -4.10. The summed E-state index contributed by atoms with van der Waals surface area (Å²) < 4.78 is 1.92. The van der Waals surface area contributed by atoms with E-state index in [-0.39, 0.29) is 11.6 Å². The highest BCUT2D eigenvalue weighted by Crippen LogP contribution is 2.27. The van der Waals surface area contributed by atoms with Gasteiger partial charge in [0, 0.05) is 36.1 Å². The molecule has 0 radical (unpaired) electrons. The van der Waals surface area contributed by atoms with Crippen LogP contribution < -0.4 is 5.56 Å². The van der Waals surface area contributed by atoms with Crippen molar-refractivity contribution in [2.24, 2.45) is 0 Å². The summed E-state index contributed by atoms with van der Waals surface area (Å²) in [5, 5.41) is 14.0. The molecule has 0 aliphatic carbocycles. The highest BCUT2D eigenvalue weighted by atomic mass is 16.1. The molecular weight excluding hydrogens is 484 g/mol. The van der Waals surface area contributed by atoms with E-state index in [4.69, 9.17) is 0 Å². The predicted molar refractivity (Wildman–Crippen MR) is 155 cm³/mol. The topological polar surface area (TPSA) is 79.7 Å². The van der Waals surface area contributed by atoms with Gasteiger partial charge in [-0.2, -0.15) is 0 Å². The lowest BCUT2D eigenvalue weighted by atomic mass is 10.0. The Bertz CT molecular complexity index is 1600. The van der Waals surface area contributed by atoms with E-state index in [1.807, 2.05) is 16.8 Å². The summed E-state index contributed by atoms with van der Waals surface area (Å²) in [5.74, 6) is 0.824. The van der Waals surface area contributed by atoms with Gasteiger partial charge in [0.1, 0.15) is 0 Å². The van der Waals surface area contributed by atoms with Gasteiger partial charge >= 0.3 is 0 Å². The van der Waals surface area contributed by atoms with E-state index in [1.54, 1.807) is 0 Å². The van der Waals surface area contributed by atoms with Crippen LogP contribution in [0.2, 0.25) is 0 Å². The lowest BCUT2D eigenvalue weighted by Crippen LogP contribution is -2.32. The quantitative estimate of drug-likeness (QED) is 0.250. The van der Waals surface area contributed by atoms with Crippen molar-refractivity contribution < 1.29 is 0 Å². The summed E-state index contributed by atoms with van der Waals surface area (Å²) in [6.07, 6.45) is 1.65. The highest BCUT2D eigenvalue weighted by molar-refractivity contribution is 5.83. The van der Waals surface area contributed by atoms with Gasteiger partial charge in [0.15, 0.2) is 5.82 Å². The van der Waals surface area contributed by atoms with E-state index in [9.17, 15) is 4.79 Å². The van der Waals surface area contributed by atoms with Crippen LogP contribution in [0, 0.1) is 20.8 Å². The Morgan fingerprint density at radius 1 is 0.897 bits per heavy atom. The van der Waals surface area contributed by atoms with Crippen LogP contribution in [0.3, 0.4) is 0 Å². The highest BCUT2D eigenvalue weighted by Gasteiger charge is 2.26. The van der Waals surface area contributed by atoms with Gasteiger partial charge in [-0.1, -0.05) is 73.2 Å². The minimum absolute atomic E-state index is 0.0556. The first-order chi connectivity index (χ1) is 18.9. The average molecular weight is 521 g/mol. The third kappa shape index (κ3) is 6.15. The van der Waals surface area contributed by atoms with Crippen LogP contribution in [-0.2, 0) is 26.1 Å². The van der Waals surface area contributed by atoms with Crippen LogP contribution in [0.15, 0.2) is 77.6 Å². The maximum absolute atomic E-state index is 13.3. The molecule has 0 aliphatic rings. The normalized spacial score (nSPS) is 12.3. The van der Waals surface area contributed by atoms with Crippen molar-refractivity contribution in [3.63, 3.8) is 0 Å². The van der Waals surface area contributed by atoms with Gasteiger partial charge in [0.2, 0.25) is 0 Å². The molecule has 200 valence electrons. The van der Waals surface area contributed by atoms with Crippen molar-refractivity contribution in [2.45, 2.75) is 66.2 Å². The van der Waals surface area contributed by atoms with Gasteiger partial charge in [-0.15, -0.1) is 5.10 Å². The lowest BCUT2D eigenvalue weighted by Gasteiger charge is -2.30. The van der Waals surface area contributed by atoms with Gasteiger partial charge in [-0.3, -0.25) is 9.69 Å². The van der Waals surface area contributed by atoms with Crippen LogP contribution >= 0.6 is 0 Å². The minimum atomic E-state index is -0.0636. The van der Waals surface area contributed by atoms with Gasteiger partial charge in [-0.25, -0.2) is 4.68 Å².